The van der Waals surface area contributed by atoms with Crippen molar-refractivity contribution in [2.24, 2.45) is 16.8 Å². The van der Waals surface area contributed by atoms with Crippen molar-refractivity contribution in [3.05, 3.63) is 0 Å². The van der Waals surface area contributed by atoms with Gasteiger partial charge in [0.2, 0.25) is 0 Å². The summed E-state index contributed by atoms with van der Waals surface area (Å²) >= 11 is 0. The maximum absolute atomic E-state index is 5.37. The molecule has 0 aromatic rings. The molecule has 1 aliphatic carbocycles. The van der Waals surface area contributed by atoms with Crippen molar-refractivity contribution in [1.29, 1.82) is 0 Å². The molecule has 0 aromatic heterocycles. The van der Waals surface area contributed by atoms with Gasteiger partial charge in [0, 0.05) is 6.04 Å². The topological polar surface area (TPSA) is 33.6 Å². The van der Waals surface area contributed by atoms with Crippen molar-refractivity contribution in [3.63, 3.8) is 0 Å². The molecule has 0 radical (unpaired) electrons. The maximum Gasteiger partial charge on any atom is 0.285 e. The summed E-state index contributed by atoms with van der Waals surface area (Å²) in [6.45, 7) is 6.24. The van der Waals surface area contributed by atoms with E-state index in [1.807, 2.05) is 0 Å². The van der Waals surface area contributed by atoms with Crippen LogP contribution in [0.5, 0.6) is 0 Å². The Kier molecular flexibility index (Phi) is 2.94. The Labute approximate surface area is 85.9 Å². The second-order valence-corrected chi connectivity index (χ2v) is 4.79. The van der Waals surface area contributed by atoms with E-state index >= 15 is 0 Å². The molecule has 1 fully saturated rings. The molecule has 3 heteroatoms. The number of nitrogens with zero attached hydrogens (tertiary/aromatic N) is 1. The number of aliphatic imine (C=N–C) groups is 1. The zero-order chi connectivity index (χ0) is 9.97. The molecule has 0 aromatic carbocycles. The van der Waals surface area contributed by atoms with Gasteiger partial charge in [-0.15, -0.1) is 0 Å². The first-order valence-electron chi connectivity index (χ1n) is 5.68. The Balaban J connectivity index is 1.84. The largest absolute Gasteiger partial charge is 0.463 e. The smallest absolute Gasteiger partial charge is 0.285 e. The number of hydrogen-bond acceptors (Lipinski definition) is 3. The first-order chi connectivity index (χ1) is 6.74. The summed E-state index contributed by atoms with van der Waals surface area (Å²) in [6, 6.07) is 1.35. The van der Waals surface area contributed by atoms with E-state index in [2.05, 4.69) is 24.2 Å². The second-order valence-electron chi connectivity index (χ2n) is 4.79. The molecule has 0 saturated heterocycles. The fraction of sp³-hybridized carbons (Fsp3) is 0.909. The van der Waals surface area contributed by atoms with Crippen LogP contribution in [-0.2, 0) is 4.74 Å². The number of rotatable bonds is 1. The number of ether oxygens (including phenoxy) is 1. The molecule has 1 heterocycles. The Hall–Kier alpha value is -0.730. The lowest BCUT2D eigenvalue weighted by Gasteiger charge is -2.32. The van der Waals surface area contributed by atoms with Gasteiger partial charge in [-0.25, -0.2) is 4.99 Å². The number of amidine groups is 1. The average molecular weight is 196 g/mol. The van der Waals surface area contributed by atoms with Gasteiger partial charge in [-0.3, -0.25) is 0 Å². The van der Waals surface area contributed by atoms with Gasteiger partial charge in [0.05, 0.1) is 6.54 Å². The fourth-order valence-electron chi connectivity index (χ4n) is 2.66. The summed E-state index contributed by atoms with van der Waals surface area (Å²) in [6.07, 6.45) is 3.88. The molecule has 2 aliphatic rings. The van der Waals surface area contributed by atoms with Gasteiger partial charge in [-0.05, 0) is 31.1 Å². The third-order valence-electron chi connectivity index (χ3n) is 3.09. The van der Waals surface area contributed by atoms with Crippen LogP contribution in [0.1, 0.15) is 33.1 Å². The fourth-order valence-corrected chi connectivity index (χ4v) is 2.66. The Morgan fingerprint density at radius 2 is 1.93 bits per heavy atom. The summed E-state index contributed by atoms with van der Waals surface area (Å²) in [5, 5.41) is 3.41. The highest BCUT2D eigenvalue weighted by molar-refractivity contribution is 5.75. The van der Waals surface area contributed by atoms with Crippen molar-refractivity contribution in [2.75, 3.05) is 13.2 Å². The normalized spacial score (nSPS) is 37.6. The molecule has 3 nitrogen and oxygen atoms in total. The van der Waals surface area contributed by atoms with E-state index in [1.54, 1.807) is 0 Å². The van der Waals surface area contributed by atoms with Gasteiger partial charge >= 0.3 is 0 Å². The van der Waals surface area contributed by atoms with Crippen molar-refractivity contribution < 1.29 is 4.74 Å². The first kappa shape index (κ1) is 9.81. The molecule has 1 saturated carbocycles. The molecule has 14 heavy (non-hydrogen) atoms. The van der Waals surface area contributed by atoms with Gasteiger partial charge in [-0.1, -0.05) is 13.8 Å². The molecule has 1 aliphatic heterocycles. The van der Waals surface area contributed by atoms with E-state index in [1.165, 1.54) is 19.3 Å². The summed E-state index contributed by atoms with van der Waals surface area (Å²) in [5.74, 6) is 1.66. The Morgan fingerprint density at radius 3 is 2.50 bits per heavy atom. The highest BCUT2D eigenvalue weighted by Crippen LogP contribution is 2.28. The van der Waals surface area contributed by atoms with Crippen LogP contribution in [0, 0.1) is 11.8 Å². The highest BCUT2D eigenvalue weighted by Gasteiger charge is 2.25. The van der Waals surface area contributed by atoms with Gasteiger partial charge in [0.25, 0.3) is 6.02 Å². The minimum absolute atomic E-state index is 0.575. The van der Waals surface area contributed by atoms with E-state index in [0.717, 1.165) is 31.0 Å². The third-order valence-corrected chi connectivity index (χ3v) is 3.09. The minimum atomic E-state index is 0.575. The molecule has 1 unspecified atom stereocenters. The lowest BCUT2D eigenvalue weighted by atomic mass is 9.80. The van der Waals surface area contributed by atoms with E-state index in [4.69, 9.17) is 4.74 Å². The van der Waals surface area contributed by atoms with Crippen LogP contribution in [0.2, 0.25) is 0 Å². The molecule has 1 N–H and O–H groups in total. The minimum Gasteiger partial charge on any atom is -0.463 e. The van der Waals surface area contributed by atoms with Crippen LogP contribution in [0.15, 0.2) is 4.99 Å². The third kappa shape index (κ3) is 2.40. The van der Waals surface area contributed by atoms with Crippen LogP contribution in [0.3, 0.4) is 0 Å². The summed E-state index contributed by atoms with van der Waals surface area (Å²) < 4.78 is 5.37. The van der Waals surface area contributed by atoms with Crippen molar-refractivity contribution in [3.8, 4) is 0 Å². The zero-order valence-electron chi connectivity index (χ0n) is 9.12. The molecule has 80 valence electrons. The summed E-state index contributed by atoms with van der Waals surface area (Å²) in [5.41, 5.74) is 0. The predicted octanol–water partition coefficient (Wildman–Crippen LogP) is 1.79. The van der Waals surface area contributed by atoms with E-state index in [0.29, 0.717) is 6.04 Å². The van der Waals surface area contributed by atoms with Crippen LogP contribution >= 0.6 is 0 Å². The van der Waals surface area contributed by atoms with Crippen LogP contribution in [-0.4, -0.2) is 25.2 Å². The first-order valence-corrected chi connectivity index (χ1v) is 5.68. The molecule has 3 atom stereocenters. The van der Waals surface area contributed by atoms with Crippen LogP contribution in [0.4, 0.5) is 0 Å². The lowest BCUT2D eigenvalue weighted by Crippen LogP contribution is -2.40. The van der Waals surface area contributed by atoms with Crippen molar-refractivity contribution in [2.45, 2.75) is 39.2 Å². The SMILES string of the molecule is C[C@@H]1CC(NC2=NCCO2)C[C@H](C)C1. The predicted molar refractivity (Wildman–Crippen MR) is 57.4 cm³/mol. The molecular weight excluding hydrogens is 176 g/mol. The van der Waals surface area contributed by atoms with Gasteiger partial charge in [0.15, 0.2) is 0 Å². The molecule has 0 bridgehead atoms. The maximum atomic E-state index is 5.37. The molecule has 0 amide bonds. The number of nitrogens with one attached hydrogen (secondary N) is 1. The molecular formula is C11H20N2O. The number of hydrogen-bond donors (Lipinski definition) is 1. The highest BCUT2D eigenvalue weighted by atomic mass is 16.5. The second kappa shape index (κ2) is 4.20. The zero-order valence-corrected chi connectivity index (χ0v) is 9.12. The monoisotopic (exact) mass is 196 g/mol. The molecule has 0 spiro atoms. The van der Waals surface area contributed by atoms with E-state index in [9.17, 15) is 0 Å². The van der Waals surface area contributed by atoms with E-state index in [-0.39, 0.29) is 0 Å². The van der Waals surface area contributed by atoms with Crippen LogP contribution in [0.25, 0.3) is 0 Å². The average Bonchev–Trinajstić information content (AvgIpc) is 2.54. The lowest BCUT2D eigenvalue weighted by molar-refractivity contribution is 0.241. The quantitative estimate of drug-likeness (QED) is 0.693. The van der Waals surface area contributed by atoms with E-state index < -0.39 is 0 Å². The summed E-state index contributed by atoms with van der Waals surface area (Å²) in [4.78, 5) is 4.26. The Bertz CT molecular complexity index is 217. The standard InChI is InChI=1S/C11H20N2O/c1-8-5-9(2)7-10(6-8)13-11-12-3-4-14-11/h8-10H,3-7H2,1-2H3,(H,12,13)/t8-,9+,10?. The van der Waals surface area contributed by atoms with Crippen molar-refractivity contribution >= 4 is 6.02 Å². The summed E-state index contributed by atoms with van der Waals surface area (Å²) in [7, 11) is 0. The van der Waals surface area contributed by atoms with Crippen LogP contribution < -0.4 is 5.32 Å². The van der Waals surface area contributed by atoms with Gasteiger partial charge < -0.3 is 10.1 Å². The molecule has 2 rings (SSSR count). The van der Waals surface area contributed by atoms with Gasteiger partial charge in [0.1, 0.15) is 6.61 Å². The Morgan fingerprint density at radius 1 is 1.21 bits per heavy atom. The van der Waals surface area contributed by atoms with Crippen molar-refractivity contribution in [1.82, 2.24) is 5.32 Å². The van der Waals surface area contributed by atoms with Gasteiger partial charge in [-0.2, -0.15) is 0 Å².